The molecule has 3 fully saturated rings. The van der Waals surface area contributed by atoms with Crippen LogP contribution in [0.25, 0.3) is 0 Å². The summed E-state index contributed by atoms with van der Waals surface area (Å²) in [5.41, 5.74) is 0. The molecule has 24 heavy (non-hydrogen) atoms. The van der Waals surface area contributed by atoms with E-state index in [0.717, 1.165) is 32.3 Å². The third-order valence-electron chi connectivity index (χ3n) is 4.62. The Morgan fingerprint density at radius 2 is 1.29 bits per heavy atom. The first-order chi connectivity index (χ1) is 11.9. The van der Waals surface area contributed by atoms with Gasteiger partial charge in [0.25, 0.3) is 0 Å². The van der Waals surface area contributed by atoms with Crippen LogP contribution in [-0.2, 0) is 33.2 Å². The minimum Gasteiger partial charge on any atom is -0.377 e. The maximum atomic E-state index is 6.10. The average molecular weight is 346 g/mol. The minimum atomic E-state index is -0.608. The van der Waals surface area contributed by atoms with Crippen LogP contribution >= 0.6 is 0 Å². The largest absolute Gasteiger partial charge is 0.377 e. The van der Waals surface area contributed by atoms with E-state index in [-0.39, 0.29) is 12.2 Å². The molecule has 7 heteroatoms. The van der Waals surface area contributed by atoms with Crippen molar-refractivity contribution in [2.75, 3.05) is 66.1 Å². The quantitative estimate of drug-likeness (QED) is 0.652. The molecule has 1 spiro atoms. The van der Waals surface area contributed by atoms with Crippen LogP contribution in [0.1, 0.15) is 25.7 Å². The van der Waals surface area contributed by atoms with Crippen molar-refractivity contribution in [1.29, 1.82) is 0 Å². The summed E-state index contributed by atoms with van der Waals surface area (Å²) in [6.45, 7) is 5.74. The molecule has 0 aromatic carbocycles. The average Bonchev–Trinajstić information content (AvgIpc) is 2.61. The number of hydrogen-bond acceptors (Lipinski definition) is 7. The van der Waals surface area contributed by atoms with Crippen molar-refractivity contribution in [3.63, 3.8) is 0 Å². The molecule has 3 rings (SSSR count). The topological polar surface area (TPSA) is 64.6 Å². The first kappa shape index (κ1) is 18.5. The van der Waals surface area contributed by atoms with Gasteiger partial charge in [0.1, 0.15) is 6.10 Å². The van der Waals surface area contributed by atoms with Gasteiger partial charge in [-0.2, -0.15) is 0 Å². The first-order valence-electron chi connectivity index (χ1n) is 9.13. The van der Waals surface area contributed by atoms with E-state index in [1.807, 2.05) is 0 Å². The zero-order valence-corrected chi connectivity index (χ0v) is 14.4. The van der Waals surface area contributed by atoms with Crippen LogP contribution in [0.2, 0.25) is 0 Å². The fourth-order valence-electron chi connectivity index (χ4n) is 3.35. The van der Waals surface area contributed by atoms with Gasteiger partial charge in [0.15, 0.2) is 5.79 Å². The molecule has 0 saturated carbocycles. The van der Waals surface area contributed by atoms with Crippen molar-refractivity contribution in [3.8, 4) is 0 Å². The highest BCUT2D eigenvalue weighted by atomic mass is 16.7. The smallest absolute Gasteiger partial charge is 0.194 e. The second-order valence-corrected chi connectivity index (χ2v) is 6.35. The number of fused-ring (bicyclic) bond motifs is 3. The Balaban J connectivity index is 1.55. The maximum Gasteiger partial charge on any atom is 0.194 e. The lowest BCUT2D eigenvalue weighted by Crippen LogP contribution is -2.57. The van der Waals surface area contributed by atoms with E-state index in [0.29, 0.717) is 59.5 Å². The fraction of sp³-hybridized carbons (Fsp3) is 1.00. The molecule has 3 saturated heterocycles. The molecule has 0 unspecified atom stereocenters. The fourth-order valence-corrected chi connectivity index (χ4v) is 3.35. The summed E-state index contributed by atoms with van der Waals surface area (Å²) < 4.78 is 40.5. The van der Waals surface area contributed by atoms with Gasteiger partial charge in [-0.1, -0.05) is 0 Å². The summed E-state index contributed by atoms with van der Waals surface area (Å²) in [7, 11) is 0. The molecular formula is C17H30O7. The molecule has 0 N–H and O–H groups in total. The van der Waals surface area contributed by atoms with E-state index >= 15 is 0 Å². The molecular weight excluding hydrogens is 316 g/mol. The van der Waals surface area contributed by atoms with Crippen LogP contribution in [0.4, 0.5) is 0 Å². The van der Waals surface area contributed by atoms with Crippen molar-refractivity contribution in [1.82, 2.24) is 0 Å². The van der Waals surface area contributed by atoms with E-state index in [1.54, 1.807) is 0 Å². The zero-order valence-electron chi connectivity index (χ0n) is 14.4. The van der Waals surface area contributed by atoms with Crippen LogP contribution in [0.15, 0.2) is 0 Å². The molecule has 7 nitrogen and oxygen atoms in total. The second-order valence-electron chi connectivity index (χ2n) is 6.35. The summed E-state index contributed by atoms with van der Waals surface area (Å²) in [6, 6.07) is 0. The van der Waals surface area contributed by atoms with Gasteiger partial charge in [0.2, 0.25) is 0 Å². The van der Waals surface area contributed by atoms with E-state index in [2.05, 4.69) is 0 Å². The van der Waals surface area contributed by atoms with Crippen LogP contribution in [0.3, 0.4) is 0 Å². The Bertz CT molecular complexity index is 346. The van der Waals surface area contributed by atoms with Crippen molar-refractivity contribution in [2.24, 2.45) is 0 Å². The first-order valence-corrected chi connectivity index (χ1v) is 9.13. The van der Waals surface area contributed by atoms with E-state index in [1.165, 1.54) is 0 Å². The monoisotopic (exact) mass is 346 g/mol. The van der Waals surface area contributed by atoms with Gasteiger partial charge in [-0.15, -0.1) is 0 Å². The Labute approximate surface area is 143 Å². The number of ether oxygens (including phenoxy) is 7. The molecule has 0 aromatic heterocycles. The highest BCUT2D eigenvalue weighted by Gasteiger charge is 2.48. The van der Waals surface area contributed by atoms with Crippen LogP contribution in [-0.4, -0.2) is 84.1 Å². The third kappa shape index (κ3) is 5.36. The summed E-state index contributed by atoms with van der Waals surface area (Å²) in [6.07, 6.45) is 3.74. The lowest BCUT2D eigenvalue weighted by molar-refractivity contribution is -0.338. The van der Waals surface area contributed by atoms with Gasteiger partial charge < -0.3 is 33.2 Å². The molecule has 0 amide bonds. The highest BCUT2D eigenvalue weighted by molar-refractivity contribution is 4.90. The summed E-state index contributed by atoms with van der Waals surface area (Å²) in [5, 5.41) is 0. The minimum absolute atomic E-state index is 0.0137. The Kier molecular flexibility index (Phi) is 7.72. The number of rotatable bonds is 0. The van der Waals surface area contributed by atoms with E-state index < -0.39 is 5.79 Å². The van der Waals surface area contributed by atoms with Gasteiger partial charge in [0.05, 0.1) is 72.2 Å². The molecule has 0 aromatic rings. The maximum absolute atomic E-state index is 6.10. The van der Waals surface area contributed by atoms with Crippen LogP contribution in [0.5, 0.6) is 0 Å². The SMILES string of the molecule is C1CC[C@]2(OC1)OC[C@H]1C[C@@H]2OCCOCCOCCOCCO1. The van der Waals surface area contributed by atoms with E-state index in [4.69, 9.17) is 33.2 Å². The van der Waals surface area contributed by atoms with Crippen molar-refractivity contribution in [3.05, 3.63) is 0 Å². The molecule has 3 heterocycles. The van der Waals surface area contributed by atoms with Gasteiger partial charge in [0, 0.05) is 12.8 Å². The van der Waals surface area contributed by atoms with Gasteiger partial charge in [-0.25, -0.2) is 0 Å². The Morgan fingerprint density at radius 1 is 0.625 bits per heavy atom. The van der Waals surface area contributed by atoms with Gasteiger partial charge >= 0.3 is 0 Å². The molecule has 0 aliphatic carbocycles. The van der Waals surface area contributed by atoms with Crippen molar-refractivity contribution >= 4 is 0 Å². The number of hydrogen-bond donors (Lipinski definition) is 0. The Morgan fingerprint density at radius 3 is 1.96 bits per heavy atom. The summed E-state index contributed by atoms with van der Waals surface area (Å²) >= 11 is 0. The molecule has 3 aliphatic rings. The lowest BCUT2D eigenvalue weighted by atomic mass is 9.93. The summed E-state index contributed by atoms with van der Waals surface area (Å²) in [4.78, 5) is 0. The van der Waals surface area contributed by atoms with Crippen LogP contribution in [0, 0.1) is 0 Å². The van der Waals surface area contributed by atoms with Crippen molar-refractivity contribution in [2.45, 2.75) is 43.7 Å². The molecule has 140 valence electrons. The highest BCUT2D eigenvalue weighted by Crippen LogP contribution is 2.37. The van der Waals surface area contributed by atoms with Gasteiger partial charge in [-0.3, -0.25) is 0 Å². The predicted octanol–water partition coefficient (Wildman–Crippen LogP) is 1.14. The third-order valence-corrected chi connectivity index (χ3v) is 4.62. The lowest BCUT2D eigenvalue weighted by Gasteiger charge is -2.47. The standard InChI is InChI=1S/C17H30O7/c1-2-4-23-17(3-1)16-13-15(14-24-17)21-11-9-19-7-5-18-6-8-20-10-12-22-16/h15-16H,1-14H2/t15-,16+,17+/m1/s1. The predicted molar refractivity (Wildman–Crippen MR) is 85.0 cm³/mol. The molecule has 0 radical (unpaired) electrons. The normalized spacial score (nSPS) is 38.0. The van der Waals surface area contributed by atoms with E-state index in [9.17, 15) is 0 Å². The van der Waals surface area contributed by atoms with Gasteiger partial charge in [-0.05, 0) is 12.8 Å². The molecule has 2 bridgehead atoms. The Hall–Kier alpha value is -0.280. The summed E-state index contributed by atoms with van der Waals surface area (Å²) in [5.74, 6) is -0.608. The molecule has 3 aliphatic heterocycles. The molecule has 3 atom stereocenters. The second kappa shape index (κ2) is 10.0. The van der Waals surface area contributed by atoms with Crippen LogP contribution < -0.4 is 0 Å². The zero-order chi connectivity index (χ0) is 16.5. The van der Waals surface area contributed by atoms with Crippen molar-refractivity contribution < 1.29 is 33.2 Å².